The molecular weight excluding hydrogens is 398 g/mol. The summed E-state index contributed by atoms with van der Waals surface area (Å²) in [5.74, 6) is 4.05. The molecule has 3 amide bonds. The lowest BCUT2D eigenvalue weighted by Crippen LogP contribution is -2.52. The molecule has 1 aliphatic rings. The average molecular weight is 421 g/mol. The SMILES string of the molecule is CN1C(=O)[C@@H](NC(=O)C(=O)NCc2ccccc2)COc2ccc(C#CCCO)cc21. The molecule has 0 aromatic heterocycles. The maximum Gasteiger partial charge on any atom is 0.310 e. The van der Waals surface area contributed by atoms with Crippen molar-refractivity contribution in [2.45, 2.75) is 19.0 Å². The minimum Gasteiger partial charge on any atom is -0.489 e. The highest BCUT2D eigenvalue weighted by molar-refractivity contribution is 6.35. The minimum atomic E-state index is -1.02. The van der Waals surface area contributed by atoms with Crippen molar-refractivity contribution >= 4 is 23.4 Å². The van der Waals surface area contributed by atoms with Gasteiger partial charge in [-0.25, -0.2) is 0 Å². The van der Waals surface area contributed by atoms with Crippen LogP contribution < -0.4 is 20.3 Å². The number of likely N-dealkylation sites (N-methyl/N-ethyl adjacent to an activating group) is 1. The fourth-order valence-corrected chi connectivity index (χ4v) is 2.98. The van der Waals surface area contributed by atoms with Gasteiger partial charge in [-0.3, -0.25) is 14.4 Å². The van der Waals surface area contributed by atoms with Gasteiger partial charge in [-0.15, -0.1) is 0 Å². The number of aliphatic hydroxyl groups is 1. The van der Waals surface area contributed by atoms with E-state index in [-0.39, 0.29) is 19.8 Å². The number of fused-ring (bicyclic) bond motifs is 1. The molecule has 1 aliphatic heterocycles. The molecule has 3 N–H and O–H groups in total. The number of hydrogen-bond donors (Lipinski definition) is 3. The van der Waals surface area contributed by atoms with E-state index in [1.165, 1.54) is 4.90 Å². The van der Waals surface area contributed by atoms with Crippen LogP contribution in [0.3, 0.4) is 0 Å². The fraction of sp³-hybridized carbons (Fsp3) is 0.261. The van der Waals surface area contributed by atoms with E-state index in [9.17, 15) is 14.4 Å². The summed E-state index contributed by atoms with van der Waals surface area (Å²) in [5, 5.41) is 13.8. The van der Waals surface area contributed by atoms with Crippen LogP contribution in [0.25, 0.3) is 0 Å². The van der Waals surface area contributed by atoms with Gasteiger partial charge in [0, 0.05) is 25.6 Å². The van der Waals surface area contributed by atoms with Crippen LogP contribution >= 0.6 is 0 Å². The summed E-state index contributed by atoms with van der Waals surface area (Å²) >= 11 is 0. The summed E-state index contributed by atoms with van der Waals surface area (Å²) in [4.78, 5) is 38.6. The van der Waals surface area contributed by atoms with Crippen molar-refractivity contribution in [3.63, 3.8) is 0 Å². The zero-order valence-corrected chi connectivity index (χ0v) is 17.1. The van der Waals surface area contributed by atoms with Crippen molar-refractivity contribution < 1.29 is 24.2 Å². The molecule has 2 aromatic rings. The second-order valence-electron chi connectivity index (χ2n) is 6.86. The number of rotatable bonds is 4. The molecule has 1 atom stereocenters. The molecule has 8 nitrogen and oxygen atoms in total. The molecule has 0 radical (unpaired) electrons. The molecule has 0 aliphatic carbocycles. The molecule has 2 aromatic carbocycles. The number of carbonyl (C=O) groups excluding carboxylic acids is 3. The van der Waals surface area contributed by atoms with Crippen LogP contribution in [0.1, 0.15) is 17.5 Å². The monoisotopic (exact) mass is 421 g/mol. The maximum absolute atomic E-state index is 12.8. The van der Waals surface area contributed by atoms with Crippen molar-refractivity contribution in [3.05, 3.63) is 59.7 Å². The van der Waals surface area contributed by atoms with Gasteiger partial charge in [0.2, 0.25) is 0 Å². The number of benzene rings is 2. The first-order valence-electron chi connectivity index (χ1n) is 9.76. The summed E-state index contributed by atoms with van der Waals surface area (Å²) in [6.45, 7) is 0.0663. The average Bonchev–Trinajstić information content (AvgIpc) is 2.90. The first-order valence-corrected chi connectivity index (χ1v) is 9.76. The maximum atomic E-state index is 12.8. The van der Waals surface area contributed by atoms with Crippen molar-refractivity contribution in [2.75, 3.05) is 25.2 Å². The fourth-order valence-electron chi connectivity index (χ4n) is 2.98. The summed E-state index contributed by atoms with van der Waals surface area (Å²) in [6, 6.07) is 13.3. The number of nitrogens with zero attached hydrogens (tertiary/aromatic N) is 1. The van der Waals surface area contributed by atoms with Crippen LogP contribution in [0.4, 0.5) is 5.69 Å². The van der Waals surface area contributed by atoms with E-state index in [2.05, 4.69) is 22.5 Å². The Balaban J connectivity index is 1.64. The highest BCUT2D eigenvalue weighted by Crippen LogP contribution is 2.31. The molecule has 1 heterocycles. The molecule has 0 saturated carbocycles. The predicted octanol–water partition coefficient (Wildman–Crippen LogP) is 0.577. The molecular formula is C23H23N3O5. The van der Waals surface area contributed by atoms with Crippen molar-refractivity contribution in [2.24, 2.45) is 0 Å². The van der Waals surface area contributed by atoms with Crippen LogP contribution in [0, 0.1) is 11.8 Å². The summed E-state index contributed by atoms with van der Waals surface area (Å²) < 4.78 is 5.70. The Morgan fingerprint density at radius 3 is 2.71 bits per heavy atom. The van der Waals surface area contributed by atoms with Crippen LogP contribution in [-0.4, -0.2) is 49.1 Å². The van der Waals surface area contributed by atoms with Gasteiger partial charge >= 0.3 is 11.8 Å². The van der Waals surface area contributed by atoms with Gasteiger partial charge in [-0.2, -0.15) is 0 Å². The smallest absolute Gasteiger partial charge is 0.310 e. The first kappa shape index (κ1) is 21.9. The third kappa shape index (κ3) is 5.62. The molecule has 0 unspecified atom stereocenters. The van der Waals surface area contributed by atoms with E-state index < -0.39 is 23.8 Å². The Hall–Kier alpha value is -3.83. The normalized spacial score (nSPS) is 15.0. The Labute approximate surface area is 180 Å². The highest BCUT2D eigenvalue weighted by atomic mass is 16.5. The van der Waals surface area contributed by atoms with Gasteiger partial charge in [0.1, 0.15) is 18.4 Å². The molecule has 0 spiro atoms. The number of nitrogens with one attached hydrogen (secondary N) is 2. The Kier molecular flexibility index (Phi) is 7.25. The Bertz CT molecular complexity index is 1030. The number of carbonyl (C=O) groups is 3. The zero-order valence-electron chi connectivity index (χ0n) is 17.1. The third-order valence-electron chi connectivity index (χ3n) is 4.63. The highest BCUT2D eigenvalue weighted by Gasteiger charge is 2.32. The van der Waals surface area contributed by atoms with Gasteiger partial charge in [0.25, 0.3) is 5.91 Å². The van der Waals surface area contributed by atoms with Crippen LogP contribution in [0.2, 0.25) is 0 Å². The number of hydrogen-bond acceptors (Lipinski definition) is 5. The quantitative estimate of drug-likeness (QED) is 0.494. The largest absolute Gasteiger partial charge is 0.489 e. The van der Waals surface area contributed by atoms with Crippen molar-refractivity contribution in [1.29, 1.82) is 0 Å². The lowest BCUT2D eigenvalue weighted by Gasteiger charge is -2.20. The number of aliphatic hydroxyl groups excluding tert-OH is 1. The summed E-state index contributed by atoms with van der Waals surface area (Å²) in [6.07, 6.45) is 0.350. The van der Waals surface area contributed by atoms with E-state index in [1.54, 1.807) is 25.2 Å². The van der Waals surface area contributed by atoms with E-state index >= 15 is 0 Å². The van der Waals surface area contributed by atoms with Crippen molar-refractivity contribution in [1.82, 2.24) is 10.6 Å². The van der Waals surface area contributed by atoms with Crippen LogP contribution in [0.5, 0.6) is 5.75 Å². The Morgan fingerprint density at radius 2 is 1.97 bits per heavy atom. The molecule has 8 heteroatoms. The van der Waals surface area contributed by atoms with E-state index in [4.69, 9.17) is 9.84 Å². The standard InChI is InChI=1S/C23H23N3O5/c1-26-19-13-16(7-5-6-12-27)10-11-20(19)31-15-18(23(26)30)25-22(29)21(28)24-14-17-8-3-2-4-9-17/h2-4,8-11,13,18,27H,6,12,14-15H2,1H3,(H,24,28)(H,25,29)/t18-/m0/s1. The molecule has 3 rings (SSSR count). The topological polar surface area (TPSA) is 108 Å². The molecule has 0 saturated heterocycles. The second-order valence-corrected chi connectivity index (χ2v) is 6.86. The van der Waals surface area contributed by atoms with Gasteiger partial charge < -0.3 is 25.4 Å². The summed E-state index contributed by atoms with van der Waals surface area (Å²) in [7, 11) is 1.56. The molecule has 0 fully saturated rings. The predicted molar refractivity (Wildman–Crippen MR) is 114 cm³/mol. The minimum absolute atomic E-state index is 0.0280. The summed E-state index contributed by atoms with van der Waals surface area (Å²) in [5.41, 5.74) is 2.02. The zero-order chi connectivity index (χ0) is 22.2. The van der Waals surface area contributed by atoms with E-state index in [0.717, 1.165) is 5.56 Å². The van der Waals surface area contributed by atoms with Crippen LogP contribution in [-0.2, 0) is 20.9 Å². The van der Waals surface area contributed by atoms with Crippen LogP contribution in [0.15, 0.2) is 48.5 Å². The number of amides is 3. The van der Waals surface area contributed by atoms with Gasteiger partial charge in [0.15, 0.2) is 0 Å². The second kappa shape index (κ2) is 10.3. The van der Waals surface area contributed by atoms with Gasteiger partial charge in [-0.05, 0) is 23.8 Å². The number of anilines is 1. The van der Waals surface area contributed by atoms with Gasteiger partial charge in [-0.1, -0.05) is 42.2 Å². The molecule has 0 bridgehead atoms. The Morgan fingerprint density at radius 1 is 1.19 bits per heavy atom. The molecule has 160 valence electrons. The molecule has 31 heavy (non-hydrogen) atoms. The van der Waals surface area contributed by atoms with Crippen molar-refractivity contribution in [3.8, 4) is 17.6 Å². The number of ether oxygens (including phenoxy) is 1. The third-order valence-corrected chi connectivity index (χ3v) is 4.63. The van der Waals surface area contributed by atoms with E-state index in [1.807, 2.05) is 30.3 Å². The lowest BCUT2D eigenvalue weighted by atomic mass is 10.1. The van der Waals surface area contributed by atoms with E-state index in [0.29, 0.717) is 23.4 Å². The first-order chi connectivity index (χ1) is 15.0. The lowest BCUT2D eigenvalue weighted by molar-refractivity contribution is -0.140. The van der Waals surface area contributed by atoms with Gasteiger partial charge in [0.05, 0.1) is 12.3 Å².